The van der Waals surface area contributed by atoms with Gasteiger partial charge >= 0.3 is 0 Å². The molecule has 100 valence electrons. The van der Waals surface area contributed by atoms with Gasteiger partial charge in [-0.05, 0) is 42.5 Å². The Bertz CT molecular complexity index is 536. The fraction of sp³-hybridized carbons (Fsp3) is 0.294. The van der Waals surface area contributed by atoms with Crippen molar-refractivity contribution in [2.24, 2.45) is 0 Å². The van der Waals surface area contributed by atoms with Crippen LogP contribution in [-0.4, -0.2) is 12.8 Å². The molecule has 1 atom stereocenters. The molecule has 2 aromatic carbocycles. The highest BCUT2D eigenvalue weighted by Crippen LogP contribution is 2.31. The topological polar surface area (TPSA) is 12.0 Å². The summed E-state index contributed by atoms with van der Waals surface area (Å²) >= 11 is 1.81. The van der Waals surface area contributed by atoms with E-state index in [2.05, 4.69) is 74.0 Å². The van der Waals surface area contributed by atoms with Crippen molar-refractivity contribution in [3.63, 3.8) is 0 Å². The third kappa shape index (κ3) is 3.20. The summed E-state index contributed by atoms with van der Waals surface area (Å²) in [5.74, 6) is 0. The second-order valence-corrected chi connectivity index (χ2v) is 5.44. The molecule has 0 aliphatic rings. The summed E-state index contributed by atoms with van der Waals surface area (Å²) in [6.45, 7) is 5.30. The SMILES string of the molecule is CCNC(c1ccccc1C)c1ccccc1SC. The van der Waals surface area contributed by atoms with E-state index in [9.17, 15) is 0 Å². The third-order valence-corrected chi connectivity index (χ3v) is 4.17. The van der Waals surface area contributed by atoms with Crippen molar-refractivity contribution >= 4 is 11.8 Å². The van der Waals surface area contributed by atoms with Gasteiger partial charge in [-0.3, -0.25) is 0 Å². The molecule has 0 fully saturated rings. The zero-order valence-corrected chi connectivity index (χ0v) is 12.6. The summed E-state index contributed by atoms with van der Waals surface area (Å²) in [5, 5.41) is 3.62. The summed E-state index contributed by atoms with van der Waals surface area (Å²) < 4.78 is 0. The molecule has 0 saturated heterocycles. The van der Waals surface area contributed by atoms with E-state index < -0.39 is 0 Å². The highest BCUT2D eigenvalue weighted by atomic mass is 32.2. The second-order valence-electron chi connectivity index (χ2n) is 4.59. The second kappa shape index (κ2) is 6.78. The maximum atomic E-state index is 3.62. The Morgan fingerprint density at radius 1 is 1.00 bits per heavy atom. The van der Waals surface area contributed by atoms with E-state index in [1.165, 1.54) is 21.6 Å². The molecule has 2 aromatic rings. The van der Waals surface area contributed by atoms with Crippen LogP contribution in [0.4, 0.5) is 0 Å². The Morgan fingerprint density at radius 2 is 1.63 bits per heavy atom. The molecule has 0 saturated carbocycles. The van der Waals surface area contributed by atoms with Crippen molar-refractivity contribution in [2.75, 3.05) is 12.8 Å². The van der Waals surface area contributed by atoms with E-state index in [4.69, 9.17) is 0 Å². The van der Waals surface area contributed by atoms with Gasteiger partial charge < -0.3 is 5.32 Å². The highest BCUT2D eigenvalue weighted by Gasteiger charge is 2.17. The zero-order chi connectivity index (χ0) is 13.7. The van der Waals surface area contributed by atoms with Crippen LogP contribution in [0.15, 0.2) is 53.4 Å². The van der Waals surface area contributed by atoms with Gasteiger partial charge in [0, 0.05) is 4.90 Å². The predicted molar refractivity (Wildman–Crippen MR) is 84.9 cm³/mol. The van der Waals surface area contributed by atoms with Gasteiger partial charge in [0.25, 0.3) is 0 Å². The number of rotatable bonds is 5. The van der Waals surface area contributed by atoms with Crippen LogP contribution >= 0.6 is 11.8 Å². The Kier molecular flexibility index (Phi) is 5.06. The van der Waals surface area contributed by atoms with Crippen LogP contribution in [0.3, 0.4) is 0 Å². The molecule has 2 heteroatoms. The van der Waals surface area contributed by atoms with E-state index >= 15 is 0 Å². The number of thioether (sulfide) groups is 1. The number of hydrogen-bond donors (Lipinski definition) is 1. The normalized spacial score (nSPS) is 12.4. The van der Waals surface area contributed by atoms with Crippen LogP contribution in [0, 0.1) is 6.92 Å². The van der Waals surface area contributed by atoms with Crippen LogP contribution < -0.4 is 5.32 Å². The fourth-order valence-corrected chi connectivity index (χ4v) is 3.04. The van der Waals surface area contributed by atoms with Gasteiger partial charge in [-0.15, -0.1) is 11.8 Å². The van der Waals surface area contributed by atoms with E-state index in [1.54, 1.807) is 0 Å². The van der Waals surface area contributed by atoms with Crippen LogP contribution in [0.1, 0.15) is 29.7 Å². The molecule has 0 heterocycles. The van der Waals surface area contributed by atoms with Crippen molar-refractivity contribution in [1.82, 2.24) is 5.32 Å². The highest BCUT2D eigenvalue weighted by molar-refractivity contribution is 7.98. The first kappa shape index (κ1) is 14.2. The lowest BCUT2D eigenvalue weighted by Crippen LogP contribution is -2.23. The Labute approximate surface area is 120 Å². The average Bonchev–Trinajstić information content (AvgIpc) is 2.46. The minimum absolute atomic E-state index is 0.273. The Balaban J connectivity index is 2.49. The number of hydrogen-bond acceptors (Lipinski definition) is 2. The number of benzene rings is 2. The standard InChI is InChI=1S/C17H21NS/c1-4-18-17(14-10-6-5-9-13(14)2)15-11-7-8-12-16(15)19-3/h5-12,17-18H,4H2,1-3H3. The van der Waals surface area contributed by atoms with Crippen LogP contribution in [0.25, 0.3) is 0 Å². The lowest BCUT2D eigenvalue weighted by atomic mass is 9.95. The first-order valence-electron chi connectivity index (χ1n) is 6.69. The van der Waals surface area contributed by atoms with Crippen molar-refractivity contribution in [1.29, 1.82) is 0 Å². The van der Waals surface area contributed by atoms with Crippen molar-refractivity contribution in [3.8, 4) is 0 Å². The number of nitrogens with one attached hydrogen (secondary N) is 1. The van der Waals surface area contributed by atoms with Crippen LogP contribution in [0.2, 0.25) is 0 Å². The Morgan fingerprint density at radius 3 is 2.26 bits per heavy atom. The van der Waals surface area contributed by atoms with E-state index in [-0.39, 0.29) is 6.04 Å². The molecular weight excluding hydrogens is 250 g/mol. The molecule has 0 aromatic heterocycles. The predicted octanol–water partition coefficient (Wildman–Crippen LogP) is 4.42. The molecule has 0 spiro atoms. The molecule has 1 N–H and O–H groups in total. The average molecular weight is 271 g/mol. The molecule has 0 amide bonds. The maximum Gasteiger partial charge on any atom is 0.0590 e. The van der Waals surface area contributed by atoms with Gasteiger partial charge in [0.05, 0.1) is 6.04 Å². The zero-order valence-electron chi connectivity index (χ0n) is 11.8. The summed E-state index contributed by atoms with van der Waals surface area (Å²) in [4.78, 5) is 1.34. The molecule has 1 nitrogen and oxygen atoms in total. The van der Waals surface area contributed by atoms with Gasteiger partial charge in [-0.25, -0.2) is 0 Å². The van der Waals surface area contributed by atoms with Gasteiger partial charge in [0.15, 0.2) is 0 Å². The van der Waals surface area contributed by atoms with E-state index in [0.29, 0.717) is 0 Å². The fourth-order valence-electron chi connectivity index (χ4n) is 2.41. The maximum absolute atomic E-state index is 3.62. The minimum Gasteiger partial charge on any atom is -0.306 e. The molecular formula is C17H21NS. The third-order valence-electron chi connectivity index (χ3n) is 3.36. The molecule has 2 rings (SSSR count). The van der Waals surface area contributed by atoms with Gasteiger partial charge in [-0.1, -0.05) is 49.4 Å². The van der Waals surface area contributed by atoms with E-state index in [1.807, 2.05) is 11.8 Å². The summed E-state index contributed by atoms with van der Waals surface area (Å²) in [6, 6.07) is 17.6. The summed E-state index contributed by atoms with van der Waals surface area (Å²) in [6.07, 6.45) is 2.14. The van der Waals surface area contributed by atoms with Gasteiger partial charge in [0.2, 0.25) is 0 Å². The first-order valence-corrected chi connectivity index (χ1v) is 7.92. The summed E-state index contributed by atoms with van der Waals surface area (Å²) in [5.41, 5.74) is 4.07. The summed E-state index contributed by atoms with van der Waals surface area (Å²) in [7, 11) is 0. The van der Waals surface area contributed by atoms with Gasteiger partial charge in [0.1, 0.15) is 0 Å². The van der Waals surface area contributed by atoms with E-state index in [0.717, 1.165) is 6.54 Å². The lowest BCUT2D eigenvalue weighted by molar-refractivity contribution is 0.619. The monoisotopic (exact) mass is 271 g/mol. The molecule has 0 bridgehead atoms. The first-order chi connectivity index (χ1) is 9.27. The Hall–Kier alpha value is -1.25. The van der Waals surface area contributed by atoms with Crippen molar-refractivity contribution in [3.05, 3.63) is 65.2 Å². The molecule has 1 unspecified atom stereocenters. The van der Waals surface area contributed by atoms with Gasteiger partial charge in [-0.2, -0.15) is 0 Å². The quantitative estimate of drug-likeness (QED) is 0.808. The van der Waals surface area contributed by atoms with Crippen LogP contribution in [-0.2, 0) is 0 Å². The lowest BCUT2D eigenvalue weighted by Gasteiger charge is -2.23. The molecule has 0 radical (unpaired) electrons. The van der Waals surface area contributed by atoms with Crippen molar-refractivity contribution < 1.29 is 0 Å². The molecule has 0 aliphatic carbocycles. The van der Waals surface area contributed by atoms with Crippen LogP contribution in [0.5, 0.6) is 0 Å². The number of aryl methyl sites for hydroxylation is 1. The molecule has 0 aliphatic heterocycles. The smallest absolute Gasteiger partial charge is 0.0590 e. The van der Waals surface area contributed by atoms with Crippen molar-refractivity contribution in [2.45, 2.75) is 24.8 Å². The minimum atomic E-state index is 0.273. The largest absolute Gasteiger partial charge is 0.306 e. The molecule has 19 heavy (non-hydrogen) atoms.